The van der Waals surface area contributed by atoms with Crippen LogP contribution in [0.2, 0.25) is 0 Å². The molecule has 0 radical (unpaired) electrons. The molecule has 0 saturated carbocycles. The number of hydroxylamine groups is 3. The quantitative estimate of drug-likeness (QED) is 0.219. The average Bonchev–Trinajstić information content (AvgIpc) is 2.72. The summed E-state index contributed by atoms with van der Waals surface area (Å²) < 4.78 is 51.1. The van der Waals surface area contributed by atoms with Gasteiger partial charge in [0, 0.05) is 26.2 Å². The number of aromatic carboxylic acids is 1. The predicted octanol–water partition coefficient (Wildman–Crippen LogP) is 4.24. The average molecular weight is 672 g/mol. The van der Waals surface area contributed by atoms with Crippen LogP contribution in [0.5, 0.6) is 0 Å². The van der Waals surface area contributed by atoms with Crippen molar-refractivity contribution in [3.05, 3.63) is 65.8 Å². The van der Waals surface area contributed by atoms with E-state index in [1.54, 1.807) is 36.7 Å². The lowest BCUT2D eigenvalue weighted by Gasteiger charge is -2.14. The number of hydrogen-bond donors (Lipinski definition) is 2. The molecule has 2 N–H and O–H groups in total. The molecule has 1 amide bonds. The van der Waals surface area contributed by atoms with Gasteiger partial charge >= 0.3 is 5.97 Å². The van der Waals surface area contributed by atoms with Gasteiger partial charge in [-0.15, -0.1) is 0 Å². The van der Waals surface area contributed by atoms with Crippen LogP contribution in [-0.2, 0) is 9.68 Å². The SMILES string of the molecule is CNOC.CON(C)C(=O)c1cc(F)cc(F)c1I.O=C(O)c1cc(F)cc(F)c1I. The number of benzene rings is 2. The molecule has 0 saturated heterocycles. The highest BCUT2D eigenvalue weighted by molar-refractivity contribution is 14.1. The Bertz CT molecular complexity index is 917. The van der Waals surface area contributed by atoms with Crippen LogP contribution in [0.25, 0.3) is 0 Å². The fourth-order valence-corrected chi connectivity index (χ4v) is 2.76. The standard InChI is InChI=1S/C9H8F2INO2.C7H3F2IO2.C2H7NO/c1-13(15-2)9(14)6-3-5(10)4-7(11)8(6)12;8-3-1-4(7(11)12)6(10)5(9)2-3;1-3-4-2/h3-4H,1-2H3;1-2H,(H,11,12);3H,1-2H3. The second kappa shape index (κ2) is 14.5. The lowest BCUT2D eigenvalue weighted by atomic mass is 10.2. The Morgan fingerprint density at radius 3 is 1.68 bits per heavy atom. The first-order chi connectivity index (χ1) is 14.4. The van der Waals surface area contributed by atoms with E-state index in [0.717, 1.165) is 23.3 Å². The van der Waals surface area contributed by atoms with Crippen molar-refractivity contribution in [1.82, 2.24) is 10.5 Å². The van der Waals surface area contributed by atoms with Gasteiger partial charge in [-0.1, -0.05) is 0 Å². The van der Waals surface area contributed by atoms with Gasteiger partial charge in [0.2, 0.25) is 0 Å². The zero-order valence-electron chi connectivity index (χ0n) is 16.6. The fraction of sp³-hybridized carbons (Fsp3) is 0.222. The molecule has 0 unspecified atom stereocenters. The minimum absolute atomic E-state index is 0.0579. The Hall–Kier alpha value is -1.56. The van der Waals surface area contributed by atoms with Crippen LogP contribution < -0.4 is 5.48 Å². The Labute approximate surface area is 202 Å². The van der Waals surface area contributed by atoms with Crippen LogP contribution in [0, 0.1) is 30.4 Å². The molecule has 0 aliphatic carbocycles. The number of amides is 1. The lowest BCUT2D eigenvalue weighted by Crippen LogP contribution is -2.26. The molecule has 0 fully saturated rings. The van der Waals surface area contributed by atoms with E-state index >= 15 is 0 Å². The van der Waals surface area contributed by atoms with E-state index in [0.29, 0.717) is 6.07 Å². The maximum Gasteiger partial charge on any atom is 0.336 e. The summed E-state index contributed by atoms with van der Waals surface area (Å²) in [6.45, 7) is 0. The number of rotatable bonds is 4. The zero-order valence-corrected chi connectivity index (χ0v) is 20.9. The van der Waals surface area contributed by atoms with E-state index in [9.17, 15) is 27.2 Å². The summed E-state index contributed by atoms with van der Waals surface area (Å²) in [5.41, 5.74) is 2.02. The van der Waals surface area contributed by atoms with Crippen molar-refractivity contribution in [1.29, 1.82) is 0 Å². The maximum atomic E-state index is 13.1. The number of carboxylic acid groups (broad SMARTS) is 1. The van der Waals surface area contributed by atoms with Crippen molar-refractivity contribution < 1.29 is 41.9 Å². The summed E-state index contributed by atoms with van der Waals surface area (Å²) in [6, 6.07) is 3.13. The fourth-order valence-electron chi connectivity index (χ4n) is 1.68. The third-order valence-electron chi connectivity index (χ3n) is 3.21. The summed E-state index contributed by atoms with van der Waals surface area (Å²) in [7, 11) is 5.93. The Morgan fingerprint density at radius 2 is 1.32 bits per heavy atom. The summed E-state index contributed by atoms with van der Waals surface area (Å²) >= 11 is 3.16. The van der Waals surface area contributed by atoms with Gasteiger partial charge < -0.3 is 9.94 Å². The molecule has 2 aromatic carbocycles. The first kappa shape index (κ1) is 29.4. The first-order valence-electron chi connectivity index (χ1n) is 7.95. The molecule has 0 aliphatic heterocycles. The minimum Gasteiger partial charge on any atom is -0.478 e. The molecule has 0 heterocycles. The molecule has 2 rings (SSSR count). The summed E-state index contributed by atoms with van der Waals surface area (Å²) in [5, 5.41) is 9.38. The number of carbonyl (C=O) groups excluding carboxylic acids is 1. The van der Waals surface area contributed by atoms with Gasteiger partial charge in [0.15, 0.2) is 0 Å². The van der Waals surface area contributed by atoms with Gasteiger partial charge in [0.1, 0.15) is 23.3 Å². The third-order valence-corrected chi connectivity index (χ3v) is 5.40. The monoisotopic (exact) mass is 672 g/mol. The first-order valence-corrected chi connectivity index (χ1v) is 10.1. The Balaban J connectivity index is 0.000000504. The van der Waals surface area contributed by atoms with Crippen LogP contribution >= 0.6 is 45.2 Å². The van der Waals surface area contributed by atoms with E-state index in [1.807, 2.05) is 0 Å². The van der Waals surface area contributed by atoms with Gasteiger partial charge in [-0.2, -0.15) is 0 Å². The van der Waals surface area contributed by atoms with Crippen molar-refractivity contribution in [2.45, 2.75) is 0 Å². The topological polar surface area (TPSA) is 88.1 Å². The maximum absolute atomic E-state index is 13.1. The zero-order chi connectivity index (χ0) is 24.3. The molecular formula is C18H18F4I2N2O5. The molecule has 0 aliphatic rings. The van der Waals surface area contributed by atoms with E-state index in [4.69, 9.17) is 5.11 Å². The van der Waals surface area contributed by atoms with Crippen LogP contribution in [-0.4, -0.2) is 50.4 Å². The molecule has 172 valence electrons. The molecule has 0 bridgehead atoms. The highest BCUT2D eigenvalue weighted by atomic mass is 127. The van der Waals surface area contributed by atoms with Crippen LogP contribution in [0.4, 0.5) is 17.6 Å². The van der Waals surface area contributed by atoms with Crippen molar-refractivity contribution in [3.63, 3.8) is 0 Å². The largest absolute Gasteiger partial charge is 0.478 e. The summed E-state index contributed by atoms with van der Waals surface area (Å²) in [6.07, 6.45) is 0. The second-order valence-corrected chi connectivity index (χ2v) is 7.35. The van der Waals surface area contributed by atoms with Crippen molar-refractivity contribution >= 4 is 57.1 Å². The molecule has 2 aromatic rings. The number of hydrogen-bond acceptors (Lipinski definition) is 5. The number of nitrogens with zero attached hydrogens (tertiary/aromatic N) is 1. The number of carbonyl (C=O) groups is 2. The molecule has 7 nitrogen and oxygen atoms in total. The minimum atomic E-state index is -1.34. The van der Waals surface area contributed by atoms with Gasteiger partial charge in [0.05, 0.1) is 32.5 Å². The highest BCUT2D eigenvalue weighted by Crippen LogP contribution is 2.20. The van der Waals surface area contributed by atoms with Crippen LogP contribution in [0.15, 0.2) is 24.3 Å². The van der Waals surface area contributed by atoms with Gasteiger partial charge in [-0.3, -0.25) is 9.63 Å². The number of halogens is 6. The van der Waals surface area contributed by atoms with E-state index in [-0.39, 0.29) is 18.3 Å². The highest BCUT2D eigenvalue weighted by Gasteiger charge is 2.18. The van der Waals surface area contributed by atoms with Crippen LogP contribution in [0.1, 0.15) is 20.7 Å². The van der Waals surface area contributed by atoms with E-state index < -0.39 is 35.1 Å². The van der Waals surface area contributed by atoms with Gasteiger partial charge in [-0.05, 0) is 57.3 Å². The molecule has 0 aromatic heterocycles. The van der Waals surface area contributed by atoms with Gasteiger partial charge in [0.25, 0.3) is 5.91 Å². The molecule has 0 atom stereocenters. The smallest absolute Gasteiger partial charge is 0.336 e. The predicted molar refractivity (Wildman–Crippen MR) is 120 cm³/mol. The Kier molecular flexibility index (Phi) is 13.8. The number of carboxylic acids is 1. The molecular weight excluding hydrogens is 654 g/mol. The van der Waals surface area contributed by atoms with E-state index in [2.05, 4.69) is 15.2 Å². The third kappa shape index (κ3) is 9.63. The van der Waals surface area contributed by atoms with E-state index in [1.165, 1.54) is 36.7 Å². The summed E-state index contributed by atoms with van der Waals surface area (Å²) in [5.74, 6) is -5.22. The summed E-state index contributed by atoms with van der Waals surface area (Å²) in [4.78, 5) is 30.9. The van der Waals surface area contributed by atoms with Gasteiger partial charge in [-0.25, -0.2) is 32.9 Å². The molecule has 31 heavy (non-hydrogen) atoms. The van der Waals surface area contributed by atoms with Crippen LogP contribution in [0.3, 0.4) is 0 Å². The molecule has 13 heteroatoms. The lowest BCUT2D eigenvalue weighted by molar-refractivity contribution is -0.0758. The van der Waals surface area contributed by atoms with Crippen molar-refractivity contribution in [3.8, 4) is 0 Å². The number of nitrogens with one attached hydrogen (secondary N) is 1. The Morgan fingerprint density at radius 1 is 0.935 bits per heavy atom. The molecule has 0 spiro atoms. The van der Waals surface area contributed by atoms with Crippen molar-refractivity contribution in [2.24, 2.45) is 0 Å². The normalized spacial score (nSPS) is 9.74. The second-order valence-electron chi connectivity index (χ2n) is 5.20. The van der Waals surface area contributed by atoms with Crippen molar-refractivity contribution in [2.75, 3.05) is 28.3 Å².